The zero-order valence-corrected chi connectivity index (χ0v) is 22.6. The van der Waals surface area contributed by atoms with Gasteiger partial charge < -0.3 is 37.9 Å². The largest absolute Gasteiger partial charge is 0.352 e. The smallest absolute Gasteiger partial charge is 0.282 e. The molecule has 0 amide bonds. The molecule has 0 spiro atoms. The van der Waals surface area contributed by atoms with Crippen molar-refractivity contribution < 1.29 is 37.9 Å². The lowest BCUT2D eigenvalue weighted by molar-refractivity contribution is -0.438. The fourth-order valence-electron chi connectivity index (χ4n) is 2.73. The maximum absolute atomic E-state index is 5.98. The normalized spacial score (nSPS) is 17.8. The number of rotatable bonds is 16. The molecule has 2 unspecified atom stereocenters. The van der Waals surface area contributed by atoms with Gasteiger partial charge in [0.05, 0.1) is 20.5 Å². The van der Waals surface area contributed by atoms with Gasteiger partial charge in [-0.15, -0.1) is 0 Å². The highest BCUT2D eigenvalue weighted by atomic mass is 28.2. The van der Waals surface area contributed by atoms with Crippen LogP contribution in [0.1, 0.15) is 26.7 Å². The zero-order valence-electron chi connectivity index (χ0n) is 18.6. The van der Waals surface area contributed by atoms with Gasteiger partial charge in [-0.05, 0) is 12.8 Å². The maximum Gasteiger partial charge on any atom is 0.282 e. The van der Waals surface area contributed by atoms with E-state index in [1.807, 2.05) is 13.8 Å². The molecule has 0 aromatic carbocycles. The molecule has 0 aromatic rings. The van der Waals surface area contributed by atoms with Gasteiger partial charge in [-0.1, -0.05) is 13.8 Å². The quantitative estimate of drug-likeness (QED) is 0.236. The Balaban J connectivity index is 6.19. The van der Waals surface area contributed by atoms with Crippen LogP contribution in [0.15, 0.2) is 0 Å². The highest BCUT2D eigenvalue weighted by Crippen LogP contribution is 2.35. The van der Waals surface area contributed by atoms with Gasteiger partial charge in [-0.2, -0.15) is 0 Å². The molecule has 27 heavy (non-hydrogen) atoms. The second-order valence-electron chi connectivity index (χ2n) is 6.17. The minimum absolute atomic E-state index is 0.411. The molecule has 0 rings (SSSR count). The van der Waals surface area contributed by atoms with Crippen LogP contribution >= 0.6 is 0 Å². The molecule has 1 N–H and O–H groups in total. The summed E-state index contributed by atoms with van der Waals surface area (Å²) in [6, 6.07) is 0. The summed E-state index contributed by atoms with van der Waals surface area (Å²) in [5.74, 6) is -3.09. The van der Waals surface area contributed by atoms with Crippen LogP contribution in [0.5, 0.6) is 0 Å². The fraction of sp³-hybridized carbons (Fsp3) is 1.00. The van der Waals surface area contributed by atoms with Gasteiger partial charge in [-0.3, -0.25) is 0 Å². The Kier molecular flexibility index (Phi) is 12.0. The van der Waals surface area contributed by atoms with Gasteiger partial charge in [0, 0.05) is 55.9 Å². The first-order chi connectivity index (χ1) is 12.7. The summed E-state index contributed by atoms with van der Waals surface area (Å²) < 4.78 is 46.3. The molecule has 0 radical (unpaired) electrons. The predicted molar refractivity (Wildman–Crippen MR) is 108 cm³/mol. The lowest BCUT2D eigenvalue weighted by atomic mass is 10.3. The van der Waals surface area contributed by atoms with Crippen molar-refractivity contribution in [2.75, 3.05) is 55.9 Å². The van der Waals surface area contributed by atoms with Gasteiger partial charge in [0.2, 0.25) is 10.8 Å². The first-order valence-electron chi connectivity index (χ1n) is 9.07. The molecular formula is C16H39NO8Si2. The third kappa shape index (κ3) is 5.57. The van der Waals surface area contributed by atoms with Gasteiger partial charge >= 0.3 is 0 Å². The van der Waals surface area contributed by atoms with E-state index in [0.717, 1.165) is 12.8 Å². The molecule has 0 saturated heterocycles. The highest BCUT2D eigenvalue weighted by Gasteiger charge is 2.62. The second-order valence-corrected chi connectivity index (χ2v) is 8.80. The molecule has 9 nitrogen and oxygen atoms in total. The fourth-order valence-corrected chi connectivity index (χ4v) is 4.20. The Morgan fingerprint density at radius 3 is 1.07 bits per heavy atom. The van der Waals surface area contributed by atoms with E-state index in [9.17, 15) is 0 Å². The Labute approximate surface area is 169 Å². The molecule has 0 heterocycles. The number of nitrogens with one attached hydrogen (secondary N) is 1. The topological polar surface area (TPSA) is 85.9 Å². The van der Waals surface area contributed by atoms with E-state index in [4.69, 9.17) is 37.9 Å². The van der Waals surface area contributed by atoms with E-state index >= 15 is 0 Å². The van der Waals surface area contributed by atoms with Gasteiger partial charge in [0.1, 0.15) is 0 Å². The van der Waals surface area contributed by atoms with Gasteiger partial charge in [0.25, 0.3) is 11.8 Å². The highest BCUT2D eigenvalue weighted by molar-refractivity contribution is 6.14. The van der Waals surface area contributed by atoms with E-state index in [2.05, 4.69) is 5.32 Å². The van der Waals surface area contributed by atoms with Crippen LogP contribution in [0.3, 0.4) is 0 Å². The van der Waals surface area contributed by atoms with Crippen molar-refractivity contribution >= 4 is 20.5 Å². The number of hydrogen-bond donors (Lipinski definition) is 1. The standard InChI is InChI=1S/C16H39NO8Si2/c1-9-11-24-15(26,22-7)13(18-3,19-4)17-14(20-5,21-6)16(27,23-8)25-12-10-2/h17H,9-12H2,1-8,26-27H3. The van der Waals surface area contributed by atoms with Crippen LogP contribution in [0.4, 0.5) is 0 Å². The van der Waals surface area contributed by atoms with Crippen molar-refractivity contribution in [3.8, 4) is 0 Å². The van der Waals surface area contributed by atoms with Gasteiger partial charge in [-0.25, -0.2) is 5.32 Å². The Bertz CT molecular complexity index is 376. The SMILES string of the molecule is CCCOC([SiH3])(OC)C(NC(OC)(OC)C([SiH3])(OC)OCCC)(OC)OC. The lowest BCUT2D eigenvalue weighted by Gasteiger charge is -2.52. The molecular weight excluding hydrogens is 390 g/mol. The molecule has 11 heteroatoms. The summed E-state index contributed by atoms with van der Waals surface area (Å²) >= 11 is 0. The van der Waals surface area contributed by atoms with Crippen molar-refractivity contribution in [3.63, 3.8) is 0 Å². The molecule has 0 fully saturated rings. The van der Waals surface area contributed by atoms with E-state index in [-0.39, 0.29) is 0 Å². The first-order valence-corrected chi connectivity index (χ1v) is 11.1. The van der Waals surface area contributed by atoms with Crippen LogP contribution in [-0.4, -0.2) is 99.0 Å². The number of ether oxygens (including phenoxy) is 8. The number of methoxy groups -OCH3 is 6. The minimum Gasteiger partial charge on any atom is -0.352 e. The minimum atomic E-state index is -1.54. The Hall–Kier alpha value is 0.0738. The van der Waals surface area contributed by atoms with Crippen molar-refractivity contribution in [2.24, 2.45) is 0 Å². The molecule has 0 aliphatic heterocycles. The molecule has 0 aliphatic carbocycles. The predicted octanol–water partition coefficient (Wildman–Crippen LogP) is -1.35. The summed E-state index contributed by atoms with van der Waals surface area (Å²) in [4.78, 5) is 0. The third-order valence-electron chi connectivity index (χ3n) is 4.62. The Morgan fingerprint density at radius 1 is 0.593 bits per heavy atom. The molecule has 0 aliphatic rings. The molecule has 0 aromatic heterocycles. The van der Waals surface area contributed by atoms with E-state index < -0.39 is 22.6 Å². The van der Waals surface area contributed by atoms with Crippen LogP contribution in [-0.2, 0) is 37.9 Å². The van der Waals surface area contributed by atoms with Crippen molar-refractivity contribution in [3.05, 3.63) is 0 Å². The van der Waals surface area contributed by atoms with Gasteiger partial charge in [0.15, 0.2) is 0 Å². The van der Waals surface area contributed by atoms with E-state index in [0.29, 0.717) is 33.7 Å². The summed E-state index contributed by atoms with van der Waals surface area (Å²) in [7, 11) is 9.85. The van der Waals surface area contributed by atoms with Crippen LogP contribution < -0.4 is 5.32 Å². The first kappa shape index (κ1) is 27.1. The number of hydrogen-bond acceptors (Lipinski definition) is 9. The lowest BCUT2D eigenvalue weighted by Crippen LogP contribution is -2.79. The van der Waals surface area contributed by atoms with Crippen LogP contribution in [0, 0.1) is 0 Å². The van der Waals surface area contributed by atoms with Crippen molar-refractivity contribution in [1.82, 2.24) is 5.32 Å². The zero-order chi connectivity index (χ0) is 21.2. The summed E-state index contributed by atoms with van der Waals surface area (Å²) in [5.41, 5.74) is -2.40. The summed E-state index contributed by atoms with van der Waals surface area (Å²) in [6.07, 6.45) is 1.61. The maximum atomic E-state index is 5.98. The molecule has 164 valence electrons. The molecule has 0 bridgehead atoms. The average molecular weight is 430 g/mol. The summed E-state index contributed by atoms with van der Waals surface area (Å²) in [5, 5.41) is 3.16. The van der Waals surface area contributed by atoms with Crippen molar-refractivity contribution in [1.29, 1.82) is 0 Å². The second kappa shape index (κ2) is 11.9. The van der Waals surface area contributed by atoms with Crippen LogP contribution in [0.25, 0.3) is 0 Å². The third-order valence-corrected chi connectivity index (χ3v) is 7.33. The monoisotopic (exact) mass is 429 g/mol. The van der Waals surface area contributed by atoms with Crippen LogP contribution in [0.2, 0.25) is 0 Å². The Morgan fingerprint density at radius 2 is 0.889 bits per heavy atom. The van der Waals surface area contributed by atoms with E-state index in [1.54, 1.807) is 0 Å². The summed E-state index contributed by atoms with van der Waals surface area (Å²) in [6.45, 7) is 4.94. The van der Waals surface area contributed by atoms with E-state index in [1.165, 1.54) is 42.7 Å². The molecule has 2 atom stereocenters. The van der Waals surface area contributed by atoms with Crippen molar-refractivity contribution in [2.45, 2.75) is 49.3 Å². The average Bonchev–Trinajstić information content (AvgIpc) is 2.71. The molecule has 0 saturated carbocycles.